The fourth-order valence-electron chi connectivity index (χ4n) is 2.40. The average molecular weight is 377 g/mol. The van der Waals surface area contributed by atoms with Crippen molar-refractivity contribution in [2.24, 2.45) is 5.16 Å². The molecular weight excluding hydrogens is 350 g/mol. The fourth-order valence-corrected chi connectivity index (χ4v) is 2.40. The summed E-state index contributed by atoms with van der Waals surface area (Å²) < 4.78 is 10.4. The van der Waals surface area contributed by atoms with Crippen molar-refractivity contribution in [2.45, 2.75) is 33.3 Å². The molecule has 8 heteroatoms. The number of hydrogen-bond donors (Lipinski definition) is 1. The summed E-state index contributed by atoms with van der Waals surface area (Å²) in [5, 5.41) is 6.16. The molecule has 1 amide bonds. The zero-order chi connectivity index (χ0) is 19.9. The lowest BCUT2D eigenvalue weighted by molar-refractivity contribution is -0.142. The Morgan fingerprint density at radius 2 is 1.81 bits per heavy atom. The van der Waals surface area contributed by atoms with Gasteiger partial charge in [0.15, 0.2) is 0 Å². The summed E-state index contributed by atoms with van der Waals surface area (Å²) in [6.07, 6.45) is -0.682. The number of amides is 1. The highest BCUT2D eigenvalue weighted by Gasteiger charge is 2.17. The van der Waals surface area contributed by atoms with E-state index in [2.05, 4.69) is 15.4 Å². The molecule has 0 unspecified atom stereocenters. The van der Waals surface area contributed by atoms with Gasteiger partial charge in [-0.05, 0) is 45.4 Å². The zero-order valence-corrected chi connectivity index (χ0v) is 16.3. The van der Waals surface area contributed by atoms with Crippen LogP contribution < -0.4 is 10.2 Å². The van der Waals surface area contributed by atoms with Crippen molar-refractivity contribution < 1.29 is 23.9 Å². The molecule has 1 heterocycles. The van der Waals surface area contributed by atoms with Crippen LogP contribution in [0.25, 0.3) is 0 Å². The van der Waals surface area contributed by atoms with Crippen LogP contribution >= 0.6 is 0 Å². The van der Waals surface area contributed by atoms with Gasteiger partial charge in [-0.15, -0.1) is 0 Å². The Labute approximate surface area is 159 Å². The second-order valence-electron chi connectivity index (χ2n) is 7.14. The van der Waals surface area contributed by atoms with Crippen LogP contribution in [0.1, 0.15) is 33.3 Å². The first kappa shape index (κ1) is 20.7. The van der Waals surface area contributed by atoms with Gasteiger partial charge in [-0.1, -0.05) is 17.3 Å². The first-order valence-electron chi connectivity index (χ1n) is 8.89. The minimum atomic E-state index is -0.682. The van der Waals surface area contributed by atoms with E-state index in [-0.39, 0.29) is 6.54 Å². The van der Waals surface area contributed by atoms with Crippen LogP contribution in [0.15, 0.2) is 29.4 Å². The van der Waals surface area contributed by atoms with E-state index in [4.69, 9.17) is 14.3 Å². The maximum Gasteiger partial charge on any atom is 0.408 e. The molecule has 1 saturated heterocycles. The zero-order valence-electron chi connectivity index (χ0n) is 16.3. The van der Waals surface area contributed by atoms with E-state index in [9.17, 15) is 9.59 Å². The van der Waals surface area contributed by atoms with Crippen LogP contribution in [0.3, 0.4) is 0 Å². The normalized spacial score (nSPS) is 15.3. The number of carbonyl (C=O) groups excluding carboxylic acids is 2. The molecule has 0 spiro atoms. The SMILES string of the molecule is C/C(=N\OC(=O)CNC(=O)OC(C)(C)C)c1ccc(N2CCOCC2)cc1. The highest BCUT2D eigenvalue weighted by Crippen LogP contribution is 2.17. The molecule has 8 nitrogen and oxygen atoms in total. The maximum absolute atomic E-state index is 11.7. The number of nitrogens with one attached hydrogen (secondary N) is 1. The molecular formula is C19H27N3O5. The Morgan fingerprint density at radius 3 is 2.41 bits per heavy atom. The number of hydrogen-bond acceptors (Lipinski definition) is 7. The largest absolute Gasteiger partial charge is 0.444 e. The summed E-state index contributed by atoms with van der Waals surface area (Å²) >= 11 is 0. The summed E-state index contributed by atoms with van der Waals surface area (Å²) in [7, 11) is 0. The third-order valence-electron chi connectivity index (χ3n) is 3.72. The Balaban J connectivity index is 1.82. The van der Waals surface area contributed by atoms with Gasteiger partial charge in [-0.3, -0.25) is 0 Å². The molecule has 1 aliphatic rings. The number of ether oxygens (including phenoxy) is 2. The quantitative estimate of drug-likeness (QED) is 0.481. The van der Waals surface area contributed by atoms with Gasteiger partial charge in [-0.25, -0.2) is 9.59 Å². The van der Waals surface area contributed by atoms with E-state index >= 15 is 0 Å². The predicted molar refractivity (Wildman–Crippen MR) is 102 cm³/mol. The van der Waals surface area contributed by atoms with Gasteiger partial charge in [-0.2, -0.15) is 0 Å². The van der Waals surface area contributed by atoms with Crippen LogP contribution in [0.2, 0.25) is 0 Å². The summed E-state index contributed by atoms with van der Waals surface area (Å²) in [5.74, 6) is -0.676. The number of alkyl carbamates (subject to hydrolysis) is 1. The highest BCUT2D eigenvalue weighted by atomic mass is 16.7. The number of morpholine rings is 1. The molecule has 0 aromatic heterocycles. The number of oxime groups is 1. The number of carbonyl (C=O) groups is 2. The van der Waals surface area contributed by atoms with Crippen LogP contribution in [-0.4, -0.2) is 56.2 Å². The molecule has 1 aliphatic heterocycles. The fraction of sp³-hybridized carbons (Fsp3) is 0.526. The Bertz CT molecular complexity index is 674. The van der Waals surface area contributed by atoms with Gasteiger partial charge in [0.25, 0.3) is 0 Å². The van der Waals surface area contributed by atoms with E-state index in [1.54, 1.807) is 27.7 Å². The summed E-state index contributed by atoms with van der Waals surface area (Å²) in [4.78, 5) is 30.3. The van der Waals surface area contributed by atoms with Gasteiger partial charge in [0.1, 0.15) is 12.1 Å². The molecule has 1 aromatic rings. The van der Waals surface area contributed by atoms with E-state index in [0.717, 1.165) is 37.6 Å². The molecule has 0 aliphatic carbocycles. The molecule has 1 fully saturated rings. The molecule has 2 rings (SSSR count). The molecule has 27 heavy (non-hydrogen) atoms. The summed E-state index contributed by atoms with van der Waals surface area (Å²) in [6.45, 7) is 9.85. The van der Waals surface area contributed by atoms with Gasteiger partial charge in [0, 0.05) is 18.8 Å². The first-order chi connectivity index (χ1) is 12.7. The second-order valence-corrected chi connectivity index (χ2v) is 7.14. The number of rotatable bonds is 5. The van der Waals surface area contributed by atoms with E-state index in [1.165, 1.54) is 0 Å². The van der Waals surface area contributed by atoms with Crippen molar-refractivity contribution in [1.29, 1.82) is 0 Å². The average Bonchev–Trinajstić information content (AvgIpc) is 2.64. The Kier molecular flexibility index (Phi) is 7.18. The molecule has 0 radical (unpaired) electrons. The van der Waals surface area contributed by atoms with E-state index in [1.807, 2.05) is 24.3 Å². The molecule has 0 atom stereocenters. The molecule has 0 saturated carbocycles. The highest BCUT2D eigenvalue weighted by molar-refractivity contribution is 5.99. The molecule has 1 aromatic carbocycles. The minimum Gasteiger partial charge on any atom is -0.444 e. The van der Waals surface area contributed by atoms with Gasteiger partial charge >= 0.3 is 12.1 Å². The second kappa shape index (κ2) is 9.36. The lowest BCUT2D eigenvalue weighted by atomic mass is 10.1. The van der Waals surface area contributed by atoms with Gasteiger partial charge < -0.3 is 24.5 Å². The molecule has 0 bridgehead atoms. The monoisotopic (exact) mass is 377 g/mol. The molecule has 148 valence electrons. The Hall–Kier alpha value is -2.61. The van der Waals surface area contributed by atoms with Crippen molar-refractivity contribution >= 4 is 23.5 Å². The third kappa shape index (κ3) is 7.26. The maximum atomic E-state index is 11.7. The van der Waals surface area contributed by atoms with E-state index in [0.29, 0.717) is 5.71 Å². The number of anilines is 1. The smallest absolute Gasteiger partial charge is 0.408 e. The number of nitrogens with zero attached hydrogens (tertiary/aromatic N) is 2. The first-order valence-corrected chi connectivity index (χ1v) is 8.89. The van der Waals surface area contributed by atoms with Crippen LogP contribution in [0.5, 0.6) is 0 Å². The van der Waals surface area contributed by atoms with Crippen molar-refractivity contribution in [3.8, 4) is 0 Å². The van der Waals surface area contributed by atoms with Crippen LogP contribution in [0.4, 0.5) is 10.5 Å². The van der Waals surface area contributed by atoms with E-state index < -0.39 is 17.7 Å². The van der Waals surface area contributed by atoms with Crippen molar-refractivity contribution in [1.82, 2.24) is 5.32 Å². The van der Waals surface area contributed by atoms with Gasteiger partial charge in [0.05, 0.1) is 18.9 Å². The number of benzene rings is 1. The third-order valence-corrected chi connectivity index (χ3v) is 3.72. The van der Waals surface area contributed by atoms with Crippen molar-refractivity contribution in [3.05, 3.63) is 29.8 Å². The molecule has 1 N–H and O–H groups in total. The lowest BCUT2D eigenvalue weighted by Crippen LogP contribution is -2.36. The topological polar surface area (TPSA) is 89.5 Å². The summed E-state index contributed by atoms with van der Waals surface area (Å²) in [5.41, 5.74) is 1.90. The van der Waals surface area contributed by atoms with Crippen molar-refractivity contribution in [2.75, 3.05) is 37.7 Å². The standard InChI is InChI=1S/C19H27N3O5/c1-14(21-27-17(23)13-20-18(24)26-19(2,3)4)15-5-7-16(8-6-15)22-9-11-25-12-10-22/h5-8H,9-13H2,1-4H3,(H,20,24)/b21-14+. The minimum absolute atomic E-state index is 0.318. The van der Waals surface area contributed by atoms with Crippen LogP contribution in [-0.2, 0) is 19.1 Å². The summed E-state index contributed by atoms with van der Waals surface area (Å²) in [6, 6.07) is 7.87. The van der Waals surface area contributed by atoms with Gasteiger partial charge in [0.2, 0.25) is 0 Å². The van der Waals surface area contributed by atoms with Crippen molar-refractivity contribution in [3.63, 3.8) is 0 Å². The Morgan fingerprint density at radius 1 is 1.19 bits per heavy atom. The lowest BCUT2D eigenvalue weighted by Gasteiger charge is -2.28. The predicted octanol–water partition coefficient (Wildman–Crippen LogP) is 2.32. The van der Waals surface area contributed by atoms with Crippen LogP contribution in [0, 0.1) is 0 Å².